The zero-order valence-electron chi connectivity index (χ0n) is 19.0. The molecule has 7 heteroatoms. The van der Waals surface area contributed by atoms with E-state index in [1.165, 1.54) is 0 Å². The number of amides is 2. The van der Waals surface area contributed by atoms with Crippen molar-refractivity contribution >= 4 is 40.1 Å². The summed E-state index contributed by atoms with van der Waals surface area (Å²) in [5.41, 5.74) is 3.69. The van der Waals surface area contributed by atoms with E-state index >= 15 is 0 Å². The molecule has 176 valence electrons. The number of fused-ring (bicyclic) bond motifs is 1. The van der Waals surface area contributed by atoms with Crippen LogP contribution in [-0.2, 0) is 22.4 Å². The molecule has 2 amide bonds. The summed E-state index contributed by atoms with van der Waals surface area (Å²) in [7, 11) is 0. The first kappa shape index (κ1) is 22.6. The van der Waals surface area contributed by atoms with Crippen LogP contribution >= 0.6 is 12.2 Å². The molecule has 2 heterocycles. The van der Waals surface area contributed by atoms with Crippen LogP contribution in [0.4, 0.5) is 0 Å². The fourth-order valence-electron chi connectivity index (χ4n) is 4.78. The van der Waals surface area contributed by atoms with Gasteiger partial charge in [0.1, 0.15) is 17.4 Å². The Hall–Kier alpha value is -3.19. The first-order valence-electron chi connectivity index (χ1n) is 11.9. The number of nitrogens with one attached hydrogen (secondary N) is 1. The molecule has 34 heavy (non-hydrogen) atoms. The fraction of sp³-hybridized carbons (Fsp3) is 0.370. The SMILES string of the molecule is O=C(NCCc1c(Cc2ccccc2)oc2ccc(C(C(O)=S)N3CCCC3=O)cc12)C1CC1. The van der Waals surface area contributed by atoms with Crippen molar-refractivity contribution in [2.75, 3.05) is 13.1 Å². The second kappa shape index (κ2) is 9.58. The van der Waals surface area contributed by atoms with E-state index in [4.69, 9.17) is 16.6 Å². The molecule has 1 atom stereocenters. The summed E-state index contributed by atoms with van der Waals surface area (Å²) in [6, 6.07) is 15.2. The van der Waals surface area contributed by atoms with Crippen molar-refractivity contribution in [1.29, 1.82) is 0 Å². The molecule has 6 nitrogen and oxygen atoms in total. The number of thiocarbonyl (C=S) groups is 1. The molecule has 1 unspecified atom stereocenters. The summed E-state index contributed by atoms with van der Waals surface area (Å²) in [5, 5.41) is 14.1. The van der Waals surface area contributed by atoms with Crippen LogP contribution in [0.25, 0.3) is 11.0 Å². The summed E-state index contributed by atoms with van der Waals surface area (Å²) < 4.78 is 6.27. The topological polar surface area (TPSA) is 82.8 Å². The molecule has 1 saturated carbocycles. The zero-order chi connectivity index (χ0) is 23.7. The van der Waals surface area contributed by atoms with E-state index in [1.54, 1.807) is 4.90 Å². The number of rotatable bonds is 9. The average Bonchev–Trinajstić information content (AvgIpc) is 3.52. The summed E-state index contributed by atoms with van der Waals surface area (Å²) in [5.74, 6) is 1.15. The van der Waals surface area contributed by atoms with Crippen LogP contribution in [0.15, 0.2) is 52.9 Å². The van der Waals surface area contributed by atoms with Crippen LogP contribution in [0.1, 0.15) is 54.2 Å². The highest BCUT2D eigenvalue weighted by molar-refractivity contribution is 7.80. The number of furan rings is 1. The molecule has 5 rings (SSSR count). The van der Waals surface area contributed by atoms with Crippen molar-refractivity contribution in [2.24, 2.45) is 5.92 Å². The number of carbonyl (C=O) groups is 2. The van der Waals surface area contributed by atoms with Crippen LogP contribution in [0, 0.1) is 5.92 Å². The number of nitrogens with zero attached hydrogens (tertiary/aromatic N) is 1. The van der Waals surface area contributed by atoms with E-state index in [9.17, 15) is 14.7 Å². The van der Waals surface area contributed by atoms with Crippen LogP contribution < -0.4 is 5.32 Å². The van der Waals surface area contributed by atoms with E-state index in [1.807, 2.05) is 36.4 Å². The Morgan fingerprint density at radius 3 is 2.68 bits per heavy atom. The maximum Gasteiger partial charge on any atom is 0.223 e. The van der Waals surface area contributed by atoms with E-state index in [0.717, 1.165) is 52.7 Å². The number of carbonyl (C=O) groups excluding carboxylic acids is 2. The van der Waals surface area contributed by atoms with Gasteiger partial charge in [-0.3, -0.25) is 9.59 Å². The average molecular weight is 477 g/mol. The normalized spacial score (nSPS) is 16.7. The molecule has 2 aromatic carbocycles. The lowest BCUT2D eigenvalue weighted by Crippen LogP contribution is -2.34. The summed E-state index contributed by atoms with van der Waals surface area (Å²) in [6.07, 6.45) is 4.46. The molecule has 2 N–H and O–H groups in total. The van der Waals surface area contributed by atoms with Crippen molar-refractivity contribution in [3.05, 3.63) is 71.0 Å². The first-order valence-corrected chi connectivity index (χ1v) is 12.3. The van der Waals surface area contributed by atoms with Crippen LogP contribution in [0.5, 0.6) is 0 Å². The molecule has 3 aromatic rings. The number of hydrogen-bond donors (Lipinski definition) is 2. The molecule has 0 radical (unpaired) electrons. The van der Waals surface area contributed by atoms with Gasteiger partial charge in [0.05, 0.1) is 0 Å². The lowest BCUT2D eigenvalue weighted by molar-refractivity contribution is -0.128. The van der Waals surface area contributed by atoms with Crippen LogP contribution in [0.3, 0.4) is 0 Å². The highest BCUT2D eigenvalue weighted by atomic mass is 32.1. The number of aliphatic hydroxyl groups is 1. The van der Waals surface area contributed by atoms with Crippen molar-refractivity contribution in [2.45, 2.75) is 44.6 Å². The molecule has 1 aromatic heterocycles. The molecule has 0 bridgehead atoms. The van der Waals surface area contributed by atoms with Gasteiger partial charge in [0.2, 0.25) is 11.8 Å². The van der Waals surface area contributed by atoms with Gasteiger partial charge in [0, 0.05) is 42.8 Å². The van der Waals surface area contributed by atoms with Crippen molar-refractivity contribution in [3.8, 4) is 0 Å². The third-order valence-corrected chi connectivity index (χ3v) is 6.92. The minimum absolute atomic E-state index is 0.00136. The highest BCUT2D eigenvalue weighted by Gasteiger charge is 2.33. The van der Waals surface area contributed by atoms with Gasteiger partial charge >= 0.3 is 0 Å². The monoisotopic (exact) mass is 476 g/mol. The zero-order valence-corrected chi connectivity index (χ0v) is 19.8. The number of aliphatic hydroxyl groups excluding tert-OH is 1. The number of hydrogen-bond acceptors (Lipinski definition) is 4. The van der Waals surface area contributed by atoms with E-state index in [0.29, 0.717) is 32.4 Å². The molecular weight excluding hydrogens is 448 g/mol. The quantitative estimate of drug-likeness (QED) is 0.440. The van der Waals surface area contributed by atoms with Crippen molar-refractivity contribution in [3.63, 3.8) is 0 Å². The van der Waals surface area contributed by atoms with Crippen LogP contribution in [0.2, 0.25) is 0 Å². The van der Waals surface area contributed by atoms with E-state index in [2.05, 4.69) is 17.4 Å². The Kier molecular flexibility index (Phi) is 6.37. The lowest BCUT2D eigenvalue weighted by atomic mass is 9.99. The Bertz CT molecular complexity index is 1230. The third kappa shape index (κ3) is 4.71. The van der Waals surface area contributed by atoms with Crippen molar-refractivity contribution < 1.29 is 19.1 Å². The summed E-state index contributed by atoms with van der Waals surface area (Å²) >= 11 is 5.16. The largest absolute Gasteiger partial charge is 0.500 e. The molecular formula is C27H28N2O4S. The highest BCUT2D eigenvalue weighted by Crippen LogP contribution is 2.34. The Labute approximate surface area is 203 Å². The maximum absolute atomic E-state index is 12.4. The van der Waals surface area contributed by atoms with Crippen LogP contribution in [-0.4, -0.2) is 40.0 Å². The Morgan fingerprint density at radius 2 is 2.00 bits per heavy atom. The van der Waals surface area contributed by atoms with Gasteiger partial charge in [0.15, 0.2) is 5.05 Å². The minimum Gasteiger partial charge on any atom is -0.500 e. The fourth-order valence-corrected chi connectivity index (χ4v) is 5.05. The standard InChI is InChI=1S/C27H28N2O4S/c30-24-7-4-14-29(24)25(27(32)34)19-10-11-22-21(16-19)20(12-13-28-26(31)18-8-9-18)23(33-22)15-17-5-2-1-3-6-17/h1-3,5-6,10-11,16,18,25H,4,7-9,12-15H2,(H,28,31)(H,32,34). The first-order chi connectivity index (χ1) is 16.5. The van der Waals surface area contributed by atoms with Gasteiger partial charge in [-0.15, -0.1) is 0 Å². The van der Waals surface area contributed by atoms with Crippen molar-refractivity contribution in [1.82, 2.24) is 10.2 Å². The smallest absolute Gasteiger partial charge is 0.223 e. The molecule has 0 spiro atoms. The second-order valence-electron chi connectivity index (χ2n) is 9.17. The third-order valence-electron chi connectivity index (χ3n) is 6.70. The molecule has 2 aliphatic rings. The molecule has 1 aliphatic carbocycles. The van der Waals surface area contributed by atoms with Gasteiger partial charge in [-0.05, 0) is 61.2 Å². The summed E-state index contributed by atoms with van der Waals surface area (Å²) in [6.45, 7) is 1.11. The lowest BCUT2D eigenvalue weighted by Gasteiger charge is -2.26. The second-order valence-corrected chi connectivity index (χ2v) is 9.59. The van der Waals surface area contributed by atoms with E-state index in [-0.39, 0.29) is 22.8 Å². The van der Waals surface area contributed by atoms with Gasteiger partial charge in [-0.2, -0.15) is 0 Å². The number of benzene rings is 2. The minimum atomic E-state index is -0.649. The van der Waals surface area contributed by atoms with Gasteiger partial charge < -0.3 is 19.7 Å². The molecule has 2 fully saturated rings. The molecule has 1 saturated heterocycles. The maximum atomic E-state index is 12.4. The predicted molar refractivity (Wildman–Crippen MR) is 134 cm³/mol. The predicted octanol–water partition coefficient (Wildman–Crippen LogP) is 4.64. The van der Waals surface area contributed by atoms with E-state index < -0.39 is 6.04 Å². The number of likely N-dealkylation sites (tertiary alicyclic amines) is 1. The van der Waals surface area contributed by atoms with Gasteiger partial charge in [-0.25, -0.2) is 0 Å². The van der Waals surface area contributed by atoms with Gasteiger partial charge in [0.25, 0.3) is 0 Å². The Balaban J connectivity index is 1.49. The summed E-state index contributed by atoms with van der Waals surface area (Å²) in [4.78, 5) is 26.2. The van der Waals surface area contributed by atoms with Gasteiger partial charge in [-0.1, -0.05) is 36.4 Å². The Morgan fingerprint density at radius 1 is 1.21 bits per heavy atom. The molecule has 1 aliphatic heterocycles.